The molecule has 0 saturated carbocycles. The highest BCUT2D eigenvalue weighted by atomic mass is 127. The van der Waals surface area contributed by atoms with Crippen molar-refractivity contribution in [2.45, 2.75) is 16.6 Å². The van der Waals surface area contributed by atoms with Crippen molar-refractivity contribution >= 4 is 28.6 Å². The van der Waals surface area contributed by atoms with Crippen LogP contribution in [0.1, 0.15) is 16.4 Å². The predicted octanol–water partition coefficient (Wildman–Crippen LogP) is 2.03. The molecular weight excluding hydrogens is 305 g/mol. The number of carbonyl (C=O) groups is 1. The molecule has 0 spiro atoms. The van der Waals surface area contributed by atoms with Crippen LogP contribution in [0.5, 0.6) is 0 Å². The lowest BCUT2D eigenvalue weighted by Crippen LogP contribution is -2.23. The molecule has 1 aromatic rings. The molecule has 1 N–H and O–H groups in total. The van der Waals surface area contributed by atoms with Crippen LogP contribution in [0.25, 0.3) is 0 Å². The molecule has 0 aromatic heterocycles. The first-order valence-electron chi connectivity index (χ1n) is 4.78. The number of benzene rings is 1. The van der Waals surface area contributed by atoms with E-state index in [4.69, 9.17) is 4.74 Å². The third kappa shape index (κ3) is 2.69. The Bertz CT molecular complexity index is 362. The van der Waals surface area contributed by atoms with Crippen LogP contribution in [-0.4, -0.2) is 18.2 Å². The lowest BCUT2D eigenvalue weighted by Gasteiger charge is -2.13. The summed E-state index contributed by atoms with van der Waals surface area (Å²) in [5.74, 6) is -0.186. The maximum absolute atomic E-state index is 11.7. The highest BCUT2D eigenvalue weighted by Crippen LogP contribution is 2.28. The molecule has 1 aliphatic heterocycles. The molecule has 0 bridgehead atoms. The molecule has 4 heteroatoms. The lowest BCUT2D eigenvalue weighted by atomic mass is 10.1. The number of halogens is 1. The Hall–Kier alpha value is -0.620. The second kappa shape index (κ2) is 4.09. The summed E-state index contributed by atoms with van der Waals surface area (Å²) >= 11 is 2.10. The molecule has 1 fully saturated rings. The molecule has 3 nitrogen and oxygen atoms in total. The number of hydrogen-bond donors (Lipinski definition) is 1. The number of nitrogens with one attached hydrogen (secondary N) is 1. The monoisotopic (exact) mass is 317 g/mol. The van der Waals surface area contributed by atoms with Gasteiger partial charge in [-0.2, -0.15) is 0 Å². The first-order chi connectivity index (χ1) is 7.11. The predicted molar refractivity (Wildman–Crippen MR) is 65.7 cm³/mol. The van der Waals surface area contributed by atoms with E-state index < -0.39 is 5.72 Å². The van der Waals surface area contributed by atoms with Crippen molar-refractivity contribution in [3.05, 3.63) is 35.9 Å². The first kappa shape index (κ1) is 10.9. The maximum Gasteiger partial charge on any atom is 0.325 e. The molecule has 0 radical (unpaired) electrons. The normalized spacial score (nSPS) is 25.7. The van der Waals surface area contributed by atoms with E-state index in [1.165, 1.54) is 0 Å². The van der Waals surface area contributed by atoms with E-state index in [1.807, 2.05) is 37.3 Å². The van der Waals surface area contributed by atoms with Gasteiger partial charge in [-0.05, 0) is 12.5 Å². The Morgan fingerprint density at radius 3 is 2.67 bits per heavy atom. The molecule has 2 unspecified atom stereocenters. The quantitative estimate of drug-likeness (QED) is 0.402. The van der Waals surface area contributed by atoms with Crippen LogP contribution >= 0.6 is 22.6 Å². The molecule has 1 saturated heterocycles. The van der Waals surface area contributed by atoms with E-state index in [0.717, 1.165) is 12.1 Å². The van der Waals surface area contributed by atoms with Crippen LogP contribution in [0.2, 0.25) is 0 Å². The van der Waals surface area contributed by atoms with Gasteiger partial charge in [-0.1, -0.05) is 52.9 Å². The number of hydrogen-bond acceptors (Lipinski definition) is 3. The number of rotatable bonds is 3. The Labute approximate surface area is 102 Å². The summed E-state index contributed by atoms with van der Waals surface area (Å²) in [7, 11) is 0. The summed E-state index contributed by atoms with van der Waals surface area (Å²) in [5, 5.41) is 3.00. The Morgan fingerprint density at radius 2 is 2.13 bits per heavy atom. The average molecular weight is 317 g/mol. The standard InChI is InChI=1S/C11H12INO2/c1-11(7-13-11)15-10(14)9(12)8-5-3-2-4-6-8/h2-6,9,13H,7H2,1H3. The maximum atomic E-state index is 11.7. The summed E-state index contributed by atoms with van der Waals surface area (Å²) in [6.07, 6.45) is 0. The van der Waals surface area contributed by atoms with Crippen LogP contribution in [0.3, 0.4) is 0 Å². The van der Waals surface area contributed by atoms with Crippen LogP contribution < -0.4 is 5.32 Å². The zero-order valence-electron chi connectivity index (χ0n) is 8.37. The Morgan fingerprint density at radius 1 is 1.53 bits per heavy atom. The van der Waals surface area contributed by atoms with E-state index >= 15 is 0 Å². The van der Waals surface area contributed by atoms with Crippen molar-refractivity contribution in [1.82, 2.24) is 5.32 Å². The summed E-state index contributed by atoms with van der Waals surface area (Å²) in [6.45, 7) is 2.62. The molecule has 0 amide bonds. The molecule has 15 heavy (non-hydrogen) atoms. The van der Waals surface area contributed by atoms with Gasteiger partial charge in [-0.15, -0.1) is 0 Å². The fourth-order valence-corrected chi connectivity index (χ4v) is 1.77. The van der Waals surface area contributed by atoms with Gasteiger partial charge in [0.1, 0.15) is 3.92 Å². The fourth-order valence-electron chi connectivity index (χ4n) is 1.23. The Kier molecular flexibility index (Phi) is 2.97. The topological polar surface area (TPSA) is 48.2 Å². The minimum atomic E-state index is -0.421. The van der Waals surface area contributed by atoms with Crippen molar-refractivity contribution in [2.24, 2.45) is 0 Å². The Balaban J connectivity index is 2.01. The van der Waals surface area contributed by atoms with Gasteiger partial charge in [-0.25, -0.2) is 0 Å². The molecule has 1 aromatic carbocycles. The van der Waals surface area contributed by atoms with Crippen molar-refractivity contribution in [3.63, 3.8) is 0 Å². The van der Waals surface area contributed by atoms with Crippen molar-refractivity contribution in [1.29, 1.82) is 0 Å². The lowest BCUT2D eigenvalue weighted by molar-refractivity contribution is -0.149. The van der Waals surface area contributed by atoms with Gasteiger partial charge in [0.15, 0.2) is 5.72 Å². The van der Waals surface area contributed by atoms with E-state index in [1.54, 1.807) is 0 Å². The molecule has 1 aliphatic rings. The van der Waals surface area contributed by atoms with Crippen molar-refractivity contribution < 1.29 is 9.53 Å². The highest BCUT2D eigenvalue weighted by Gasteiger charge is 2.42. The molecule has 2 rings (SSSR count). The molecule has 2 atom stereocenters. The third-order valence-electron chi connectivity index (χ3n) is 2.30. The van der Waals surface area contributed by atoms with Gasteiger partial charge in [0, 0.05) is 0 Å². The third-order valence-corrected chi connectivity index (χ3v) is 3.53. The zero-order valence-corrected chi connectivity index (χ0v) is 10.5. The van der Waals surface area contributed by atoms with E-state index in [9.17, 15) is 4.79 Å². The van der Waals surface area contributed by atoms with E-state index in [-0.39, 0.29) is 9.89 Å². The summed E-state index contributed by atoms with van der Waals surface area (Å²) < 4.78 is 5.07. The smallest absolute Gasteiger partial charge is 0.325 e. The van der Waals surface area contributed by atoms with Gasteiger partial charge >= 0.3 is 5.97 Å². The van der Waals surface area contributed by atoms with Gasteiger partial charge < -0.3 is 4.74 Å². The van der Waals surface area contributed by atoms with Crippen molar-refractivity contribution in [3.8, 4) is 0 Å². The number of esters is 1. The van der Waals surface area contributed by atoms with Crippen molar-refractivity contribution in [2.75, 3.05) is 6.54 Å². The minimum absolute atomic E-state index is 0.186. The summed E-state index contributed by atoms with van der Waals surface area (Å²) in [4.78, 5) is 11.7. The molecule has 80 valence electrons. The SMILES string of the molecule is CC1(OC(=O)C(I)c2ccccc2)CN1. The van der Waals surface area contributed by atoms with Gasteiger partial charge in [-0.3, -0.25) is 10.1 Å². The zero-order chi connectivity index (χ0) is 10.9. The largest absolute Gasteiger partial charge is 0.442 e. The average Bonchev–Trinajstić information content (AvgIpc) is 2.96. The first-order valence-corrected chi connectivity index (χ1v) is 6.02. The van der Waals surface area contributed by atoms with Crippen LogP contribution in [-0.2, 0) is 9.53 Å². The number of carbonyl (C=O) groups excluding carboxylic acids is 1. The highest BCUT2D eigenvalue weighted by molar-refractivity contribution is 14.1. The van der Waals surface area contributed by atoms with Crippen LogP contribution in [0.4, 0.5) is 0 Å². The second-order valence-corrected chi connectivity index (χ2v) is 5.02. The minimum Gasteiger partial charge on any atom is -0.442 e. The fraction of sp³-hybridized carbons (Fsp3) is 0.364. The summed E-state index contributed by atoms with van der Waals surface area (Å²) in [6, 6.07) is 9.64. The van der Waals surface area contributed by atoms with Gasteiger partial charge in [0.2, 0.25) is 0 Å². The summed E-state index contributed by atoms with van der Waals surface area (Å²) in [5.41, 5.74) is 0.558. The van der Waals surface area contributed by atoms with E-state index in [0.29, 0.717) is 0 Å². The molecular formula is C11H12INO2. The van der Waals surface area contributed by atoms with Gasteiger partial charge in [0.05, 0.1) is 6.54 Å². The second-order valence-electron chi connectivity index (χ2n) is 3.78. The van der Waals surface area contributed by atoms with Crippen LogP contribution in [0.15, 0.2) is 30.3 Å². The van der Waals surface area contributed by atoms with Gasteiger partial charge in [0.25, 0.3) is 0 Å². The molecule has 0 aliphatic carbocycles. The number of alkyl halides is 1. The van der Waals surface area contributed by atoms with E-state index in [2.05, 4.69) is 27.9 Å². The number of ether oxygens (including phenoxy) is 1. The van der Waals surface area contributed by atoms with Crippen LogP contribution in [0, 0.1) is 0 Å². The molecule has 1 heterocycles.